The predicted molar refractivity (Wildman–Crippen MR) is 92.7 cm³/mol. The number of hydrogen-bond acceptors (Lipinski definition) is 5. The number of halogens is 2. The van der Waals surface area contributed by atoms with Crippen LogP contribution in [-0.4, -0.2) is 16.0 Å². The van der Waals surface area contributed by atoms with Crippen molar-refractivity contribution in [3.63, 3.8) is 0 Å². The third kappa shape index (κ3) is 3.99. The fraction of sp³-hybridized carbons (Fsp3) is 0.471. The van der Waals surface area contributed by atoms with E-state index in [4.69, 9.17) is 10.3 Å². The standard InChI is InChI=1S/C17H21FN4O2.ClH/c1-10(2)13(20-14(23)11-4-6-12(18)7-5-11)15-21-16(22-24-15)17(19)8-3-9-17;/h4-7,10,13H,3,8-9,19H2,1-2H3,(H,20,23);1H. The van der Waals surface area contributed by atoms with Gasteiger partial charge in [0, 0.05) is 5.56 Å². The first-order valence-electron chi connectivity index (χ1n) is 8.08. The molecule has 0 saturated heterocycles. The average Bonchev–Trinajstić information content (AvgIpc) is 3.00. The Hall–Kier alpha value is -1.99. The van der Waals surface area contributed by atoms with E-state index in [2.05, 4.69) is 15.5 Å². The van der Waals surface area contributed by atoms with Gasteiger partial charge in [-0.3, -0.25) is 4.79 Å². The summed E-state index contributed by atoms with van der Waals surface area (Å²) in [5.41, 5.74) is 6.07. The molecule has 2 aromatic rings. The molecule has 8 heteroatoms. The molecule has 6 nitrogen and oxygen atoms in total. The number of hydrogen-bond donors (Lipinski definition) is 2. The van der Waals surface area contributed by atoms with Gasteiger partial charge in [0.05, 0.1) is 5.54 Å². The first-order chi connectivity index (χ1) is 11.4. The second-order valence-electron chi connectivity index (χ2n) is 6.67. The van der Waals surface area contributed by atoms with Crippen LogP contribution in [0, 0.1) is 11.7 Å². The second-order valence-corrected chi connectivity index (χ2v) is 6.67. The minimum Gasteiger partial charge on any atom is -0.340 e. The highest BCUT2D eigenvalue weighted by Crippen LogP contribution is 2.37. The molecule has 1 heterocycles. The molecule has 0 bridgehead atoms. The van der Waals surface area contributed by atoms with Gasteiger partial charge >= 0.3 is 0 Å². The third-order valence-corrected chi connectivity index (χ3v) is 4.46. The second kappa shape index (κ2) is 7.49. The van der Waals surface area contributed by atoms with Gasteiger partial charge in [-0.15, -0.1) is 12.4 Å². The molecule has 1 atom stereocenters. The van der Waals surface area contributed by atoms with E-state index in [9.17, 15) is 9.18 Å². The summed E-state index contributed by atoms with van der Waals surface area (Å²) in [6, 6.07) is 4.93. The van der Waals surface area contributed by atoms with Crippen LogP contribution in [0.4, 0.5) is 4.39 Å². The fourth-order valence-corrected chi connectivity index (χ4v) is 2.68. The summed E-state index contributed by atoms with van der Waals surface area (Å²) >= 11 is 0. The van der Waals surface area contributed by atoms with E-state index in [0.29, 0.717) is 17.3 Å². The Morgan fingerprint density at radius 1 is 1.32 bits per heavy atom. The van der Waals surface area contributed by atoms with Crippen LogP contribution in [-0.2, 0) is 5.54 Å². The lowest BCUT2D eigenvalue weighted by molar-refractivity contribution is 0.0914. The van der Waals surface area contributed by atoms with Crippen molar-refractivity contribution in [1.29, 1.82) is 0 Å². The molecule has 1 aromatic carbocycles. The summed E-state index contributed by atoms with van der Waals surface area (Å²) < 4.78 is 18.3. The van der Waals surface area contributed by atoms with Gasteiger partial charge in [0.2, 0.25) is 5.89 Å². The molecule has 1 unspecified atom stereocenters. The topological polar surface area (TPSA) is 94.0 Å². The predicted octanol–water partition coefficient (Wildman–Crippen LogP) is 3.10. The summed E-state index contributed by atoms with van der Waals surface area (Å²) in [5, 5.41) is 6.86. The van der Waals surface area contributed by atoms with E-state index in [1.165, 1.54) is 24.3 Å². The van der Waals surface area contributed by atoms with E-state index in [1.807, 2.05) is 13.8 Å². The zero-order valence-corrected chi connectivity index (χ0v) is 15.0. The first-order valence-corrected chi connectivity index (χ1v) is 8.08. The van der Waals surface area contributed by atoms with Crippen molar-refractivity contribution in [3.05, 3.63) is 47.4 Å². The molecule has 1 aliphatic rings. The Labute approximate surface area is 151 Å². The molecule has 1 saturated carbocycles. The smallest absolute Gasteiger partial charge is 0.251 e. The monoisotopic (exact) mass is 368 g/mol. The molecular weight excluding hydrogens is 347 g/mol. The molecule has 1 amide bonds. The molecule has 1 fully saturated rings. The summed E-state index contributed by atoms with van der Waals surface area (Å²) in [6.45, 7) is 3.89. The Kier molecular flexibility index (Phi) is 5.80. The molecule has 0 aliphatic heterocycles. The maximum absolute atomic E-state index is 13.0. The van der Waals surface area contributed by atoms with Crippen molar-refractivity contribution in [3.8, 4) is 0 Å². The molecule has 0 radical (unpaired) electrons. The summed E-state index contributed by atoms with van der Waals surface area (Å²) in [5.74, 6) is 0.164. The van der Waals surface area contributed by atoms with Gasteiger partial charge in [-0.1, -0.05) is 19.0 Å². The number of carbonyl (C=O) groups is 1. The van der Waals surface area contributed by atoms with Crippen molar-refractivity contribution in [1.82, 2.24) is 15.5 Å². The van der Waals surface area contributed by atoms with Crippen LogP contribution in [0.1, 0.15) is 61.2 Å². The number of nitrogens with zero attached hydrogens (tertiary/aromatic N) is 2. The zero-order chi connectivity index (χ0) is 17.3. The maximum Gasteiger partial charge on any atom is 0.251 e. The third-order valence-electron chi connectivity index (χ3n) is 4.46. The largest absolute Gasteiger partial charge is 0.340 e. The van der Waals surface area contributed by atoms with E-state index in [-0.39, 0.29) is 30.0 Å². The Balaban J connectivity index is 0.00000225. The van der Waals surface area contributed by atoms with Crippen molar-refractivity contribution in [2.75, 3.05) is 0 Å². The van der Waals surface area contributed by atoms with Crippen LogP contribution in [0.5, 0.6) is 0 Å². The van der Waals surface area contributed by atoms with Crippen LogP contribution in [0.25, 0.3) is 0 Å². The minimum atomic E-state index is -0.510. The first kappa shape index (κ1) is 19.3. The van der Waals surface area contributed by atoms with Gasteiger partial charge in [-0.05, 0) is 49.4 Å². The summed E-state index contributed by atoms with van der Waals surface area (Å²) in [6.07, 6.45) is 2.72. The van der Waals surface area contributed by atoms with Crippen LogP contribution in [0.15, 0.2) is 28.8 Å². The van der Waals surface area contributed by atoms with Gasteiger partial charge in [-0.2, -0.15) is 4.98 Å². The van der Waals surface area contributed by atoms with Gasteiger partial charge in [0.25, 0.3) is 5.91 Å². The molecule has 0 spiro atoms. The van der Waals surface area contributed by atoms with Crippen LogP contribution in [0.3, 0.4) is 0 Å². The average molecular weight is 369 g/mol. The van der Waals surface area contributed by atoms with Crippen molar-refractivity contribution in [2.24, 2.45) is 11.7 Å². The lowest BCUT2D eigenvalue weighted by Crippen LogP contribution is -2.44. The lowest BCUT2D eigenvalue weighted by Gasteiger charge is -2.34. The van der Waals surface area contributed by atoms with Gasteiger partial charge < -0.3 is 15.6 Å². The van der Waals surface area contributed by atoms with E-state index >= 15 is 0 Å². The molecule has 1 aromatic heterocycles. The van der Waals surface area contributed by atoms with E-state index in [1.54, 1.807) is 0 Å². The number of nitrogens with two attached hydrogens (primary N) is 1. The Morgan fingerprint density at radius 3 is 2.48 bits per heavy atom. The molecule has 25 heavy (non-hydrogen) atoms. The quantitative estimate of drug-likeness (QED) is 0.845. The number of carbonyl (C=O) groups excluding carboxylic acids is 1. The number of rotatable bonds is 5. The molecule has 1 aliphatic carbocycles. The van der Waals surface area contributed by atoms with Gasteiger partial charge in [-0.25, -0.2) is 4.39 Å². The molecular formula is C17H22ClFN4O2. The summed E-state index contributed by atoms with van der Waals surface area (Å²) in [4.78, 5) is 16.8. The lowest BCUT2D eigenvalue weighted by atomic mass is 9.77. The number of benzene rings is 1. The normalized spacial score (nSPS) is 16.7. The van der Waals surface area contributed by atoms with Crippen LogP contribution < -0.4 is 11.1 Å². The van der Waals surface area contributed by atoms with Crippen molar-refractivity contribution in [2.45, 2.75) is 44.7 Å². The molecule has 3 N–H and O–H groups in total. The maximum atomic E-state index is 13.0. The van der Waals surface area contributed by atoms with E-state index in [0.717, 1.165) is 19.3 Å². The van der Waals surface area contributed by atoms with E-state index < -0.39 is 11.6 Å². The van der Waals surface area contributed by atoms with Gasteiger partial charge in [0.1, 0.15) is 11.9 Å². The number of amides is 1. The van der Waals surface area contributed by atoms with Crippen LogP contribution in [0.2, 0.25) is 0 Å². The molecule has 136 valence electrons. The van der Waals surface area contributed by atoms with Crippen molar-refractivity contribution >= 4 is 18.3 Å². The number of aromatic nitrogens is 2. The minimum absolute atomic E-state index is 0. The zero-order valence-electron chi connectivity index (χ0n) is 14.2. The highest BCUT2D eigenvalue weighted by atomic mass is 35.5. The fourth-order valence-electron chi connectivity index (χ4n) is 2.68. The highest BCUT2D eigenvalue weighted by molar-refractivity contribution is 5.94. The van der Waals surface area contributed by atoms with Crippen LogP contribution >= 0.6 is 12.4 Å². The molecule has 3 rings (SSSR count). The Bertz CT molecular complexity index is 729. The highest BCUT2D eigenvalue weighted by Gasteiger charge is 2.39. The number of nitrogens with one attached hydrogen (secondary N) is 1. The van der Waals surface area contributed by atoms with Gasteiger partial charge in [0.15, 0.2) is 5.82 Å². The van der Waals surface area contributed by atoms with Crippen molar-refractivity contribution < 1.29 is 13.7 Å². The Morgan fingerprint density at radius 2 is 1.96 bits per heavy atom. The summed E-state index contributed by atoms with van der Waals surface area (Å²) in [7, 11) is 0. The SMILES string of the molecule is CC(C)C(NC(=O)c1ccc(F)cc1)c1nc(C2(N)CCC2)no1.Cl.